The van der Waals surface area contributed by atoms with Gasteiger partial charge in [0.25, 0.3) is 0 Å². The average Bonchev–Trinajstić information content (AvgIpc) is 2.25. The van der Waals surface area contributed by atoms with E-state index in [0.29, 0.717) is 13.0 Å². The molecule has 1 aliphatic heterocycles. The number of nitrogens with zero attached hydrogens (tertiary/aromatic N) is 1. The number of nitrogen functional groups attached to an aromatic ring is 1. The number of hydrogen-bond donors (Lipinski definition) is 2. The zero-order valence-electron chi connectivity index (χ0n) is 11.4. The molecule has 0 bridgehead atoms. The molecule has 0 radical (unpaired) electrons. The Kier molecular flexibility index (Phi) is 3.82. The fourth-order valence-corrected chi connectivity index (χ4v) is 2.35. The molecule has 0 saturated carbocycles. The normalized spacial score (nSPS) is 22.6. The molecule has 3 N–H and O–H groups in total. The molecule has 0 aliphatic carbocycles. The number of rotatable bonds is 2. The van der Waals surface area contributed by atoms with Gasteiger partial charge < -0.3 is 15.8 Å². The molecule has 1 aromatic heterocycles. The van der Waals surface area contributed by atoms with Gasteiger partial charge in [0.2, 0.25) is 0 Å². The summed E-state index contributed by atoms with van der Waals surface area (Å²) >= 11 is 0. The van der Waals surface area contributed by atoms with E-state index >= 15 is 0 Å². The lowest BCUT2D eigenvalue weighted by Crippen LogP contribution is -2.40. The number of pyridine rings is 1. The number of alkyl halides is 3. The topological polar surface area (TPSA) is 60.2 Å². The van der Waals surface area contributed by atoms with Gasteiger partial charge in [0, 0.05) is 12.6 Å². The van der Waals surface area contributed by atoms with Crippen LogP contribution in [0, 0.1) is 0 Å². The van der Waals surface area contributed by atoms with Gasteiger partial charge in [-0.3, -0.25) is 0 Å². The predicted octanol–water partition coefficient (Wildman–Crippen LogP) is 3.05. The minimum Gasteiger partial charge on any atom is -0.384 e. The van der Waals surface area contributed by atoms with E-state index in [1.807, 2.05) is 13.8 Å². The molecule has 0 aromatic carbocycles. The summed E-state index contributed by atoms with van der Waals surface area (Å²) < 4.78 is 43.7. The monoisotopic (exact) mass is 289 g/mol. The largest absolute Gasteiger partial charge is 0.416 e. The van der Waals surface area contributed by atoms with Crippen LogP contribution in [0.3, 0.4) is 0 Å². The maximum atomic E-state index is 12.7. The van der Waals surface area contributed by atoms with Crippen LogP contribution in [0.4, 0.5) is 24.8 Å². The van der Waals surface area contributed by atoms with Crippen molar-refractivity contribution in [1.82, 2.24) is 4.98 Å². The van der Waals surface area contributed by atoms with E-state index in [0.717, 1.165) is 18.6 Å². The van der Waals surface area contributed by atoms with Crippen molar-refractivity contribution in [2.24, 2.45) is 0 Å². The van der Waals surface area contributed by atoms with Crippen LogP contribution in [0.1, 0.15) is 32.3 Å². The molecule has 0 spiro atoms. The Bertz CT molecular complexity index is 488. The standard InChI is InChI=1S/C13H18F3N3O/c1-12(2)7-9(3-4-20-12)18-11-6-8(13(14,15)16)5-10(17)19-11/h5-6,9H,3-4,7H2,1-2H3,(H3,17,18,19). The van der Waals surface area contributed by atoms with Crippen molar-refractivity contribution in [3.63, 3.8) is 0 Å². The van der Waals surface area contributed by atoms with E-state index < -0.39 is 11.7 Å². The Morgan fingerprint density at radius 2 is 2.10 bits per heavy atom. The Labute approximate surface area is 115 Å². The summed E-state index contributed by atoms with van der Waals surface area (Å²) in [6.07, 6.45) is -3.01. The summed E-state index contributed by atoms with van der Waals surface area (Å²) in [5.41, 5.74) is 4.36. The van der Waals surface area contributed by atoms with Crippen LogP contribution in [-0.2, 0) is 10.9 Å². The van der Waals surface area contributed by atoms with Gasteiger partial charge in [-0.2, -0.15) is 13.2 Å². The summed E-state index contributed by atoms with van der Waals surface area (Å²) in [6, 6.07) is 1.84. The Morgan fingerprint density at radius 3 is 2.70 bits per heavy atom. The van der Waals surface area contributed by atoms with E-state index in [9.17, 15) is 13.2 Å². The first-order chi connectivity index (χ1) is 9.16. The molecule has 112 valence electrons. The SMILES string of the molecule is CC1(C)CC(Nc2cc(C(F)(F)F)cc(N)n2)CCO1. The maximum absolute atomic E-state index is 12.7. The molecule has 1 aliphatic rings. The molecule has 4 nitrogen and oxygen atoms in total. The molecule has 1 unspecified atom stereocenters. The van der Waals surface area contributed by atoms with Crippen molar-refractivity contribution in [3.05, 3.63) is 17.7 Å². The predicted molar refractivity (Wildman–Crippen MR) is 70.3 cm³/mol. The van der Waals surface area contributed by atoms with E-state index in [2.05, 4.69) is 10.3 Å². The second-order valence-electron chi connectivity index (χ2n) is 5.61. The third kappa shape index (κ3) is 3.75. The highest BCUT2D eigenvalue weighted by Gasteiger charge is 2.32. The molecular weight excluding hydrogens is 271 g/mol. The van der Waals surface area contributed by atoms with Crippen LogP contribution in [0.2, 0.25) is 0 Å². The molecule has 1 atom stereocenters. The summed E-state index contributed by atoms with van der Waals surface area (Å²) in [5, 5.41) is 3.02. The molecule has 2 rings (SSSR count). The minimum atomic E-state index is -4.43. The van der Waals surface area contributed by atoms with Crippen LogP contribution in [0.15, 0.2) is 12.1 Å². The highest BCUT2D eigenvalue weighted by Crippen LogP contribution is 2.32. The fraction of sp³-hybridized carbons (Fsp3) is 0.615. The van der Waals surface area contributed by atoms with Gasteiger partial charge in [0.1, 0.15) is 11.6 Å². The Balaban J connectivity index is 2.15. The van der Waals surface area contributed by atoms with Crippen molar-refractivity contribution in [1.29, 1.82) is 0 Å². The highest BCUT2D eigenvalue weighted by molar-refractivity contribution is 5.48. The van der Waals surface area contributed by atoms with Crippen molar-refractivity contribution >= 4 is 11.6 Å². The first-order valence-corrected chi connectivity index (χ1v) is 6.41. The highest BCUT2D eigenvalue weighted by atomic mass is 19.4. The van der Waals surface area contributed by atoms with Gasteiger partial charge in [-0.25, -0.2) is 4.98 Å². The number of aromatic nitrogens is 1. The molecule has 7 heteroatoms. The number of anilines is 2. The lowest BCUT2D eigenvalue weighted by atomic mass is 9.94. The molecule has 20 heavy (non-hydrogen) atoms. The zero-order chi connectivity index (χ0) is 15.0. The Hall–Kier alpha value is -1.50. The maximum Gasteiger partial charge on any atom is 0.416 e. The Morgan fingerprint density at radius 1 is 1.40 bits per heavy atom. The van der Waals surface area contributed by atoms with Gasteiger partial charge in [0.15, 0.2) is 0 Å². The first kappa shape index (κ1) is 14.9. The van der Waals surface area contributed by atoms with Crippen molar-refractivity contribution < 1.29 is 17.9 Å². The van der Waals surface area contributed by atoms with E-state index in [4.69, 9.17) is 10.5 Å². The van der Waals surface area contributed by atoms with Crippen LogP contribution >= 0.6 is 0 Å². The number of ether oxygens (including phenoxy) is 1. The average molecular weight is 289 g/mol. The number of hydrogen-bond acceptors (Lipinski definition) is 4. The quantitative estimate of drug-likeness (QED) is 0.878. The molecule has 1 aromatic rings. The molecule has 1 saturated heterocycles. The van der Waals surface area contributed by atoms with Crippen molar-refractivity contribution in [3.8, 4) is 0 Å². The molecular formula is C13H18F3N3O. The first-order valence-electron chi connectivity index (χ1n) is 6.41. The molecule has 2 heterocycles. The van der Waals surface area contributed by atoms with Gasteiger partial charge in [-0.05, 0) is 38.8 Å². The van der Waals surface area contributed by atoms with Crippen molar-refractivity contribution in [2.45, 2.75) is 44.5 Å². The third-order valence-electron chi connectivity index (χ3n) is 3.22. The lowest BCUT2D eigenvalue weighted by molar-refractivity contribution is -0.137. The van der Waals surface area contributed by atoms with Crippen molar-refractivity contribution in [2.75, 3.05) is 17.7 Å². The zero-order valence-corrected chi connectivity index (χ0v) is 11.4. The summed E-state index contributed by atoms with van der Waals surface area (Å²) in [4.78, 5) is 3.92. The number of nitrogens with two attached hydrogens (primary N) is 1. The molecule has 0 amide bonds. The number of nitrogens with one attached hydrogen (secondary N) is 1. The lowest BCUT2D eigenvalue weighted by Gasteiger charge is -2.36. The second kappa shape index (κ2) is 5.12. The van der Waals surface area contributed by atoms with Crippen LogP contribution in [0.25, 0.3) is 0 Å². The smallest absolute Gasteiger partial charge is 0.384 e. The van der Waals surface area contributed by atoms with Gasteiger partial charge >= 0.3 is 6.18 Å². The molecule has 1 fully saturated rings. The number of halogens is 3. The summed E-state index contributed by atoms with van der Waals surface area (Å²) in [7, 11) is 0. The van der Waals surface area contributed by atoms with Gasteiger partial charge in [0.05, 0.1) is 11.2 Å². The summed E-state index contributed by atoms with van der Waals surface area (Å²) in [5.74, 6) is 0.00803. The van der Waals surface area contributed by atoms with Gasteiger partial charge in [-0.1, -0.05) is 0 Å². The van der Waals surface area contributed by atoms with E-state index in [-0.39, 0.29) is 23.3 Å². The van der Waals surface area contributed by atoms with E-state index in [1.165, 1.54) is 0 Å². The van der Waals surface area contributed by atoms with Crippen LogP contribution < -0.4 is 11.1 Å². The second-order valence-corrected chi connectivity index (χ2v) is 5.61. The van der Waals surface area contributed by atoms with Crippen LogP contribution in [0.5, 0.6) is 0 Å². The van der Waals surface area contributed by atoms with Crippen LogP contribution in [-0.4, -0.2) is 23.2 Å². The summed E-state index contributed by atoms with van der Waals surface area (Å²) in [6.45, 7) is 4.47. The van der Waals surface area contributed by atoms with Gasteiger partial charge in [-0.15, -0.1) is 0 Å². The third-order valence-corrected chi connectivity index (χ3v) is 3.22. The fourth-order valence-electron chi connectivity index (χ4n) is 2.35. The van der Waals surface area contributed by atoms with E-state index in [1.54, 1.807) is 0 Å². The minimum absolute atomic E-state index is 0.0223.